The Labute approximate surface area is 145 Å². The van der Waals surface area contributed by atoms with Crippen molar-refractivity contribution in [3.8, 4) is 0 Å². The zero-order valence-electron chi connectivity index (χ0n) is 13.7. The Hall–Kier alpha value is -1.66. The van der Waals surface area contributed by atoms with E-state index in [4.69, 9.17) is 4.98 Å². The molecule has 2 aromatic rings. The number of fused-ring (bicyclic) bond motifs is 1. The summed E-state index contributed by atoms with van der Waals surface area (Å²) in [4.78, 5) is 21.8. The number of aromatic nitrogens is 1. The van der Waals surface area contributed by atoms with Crippen LogP contribution < -0.4 is 4.90 Å². The predicted octanol–water partition coefficient (Wildman–Crippen LogP) is 2.50. The number of rotatable bonds is 2. The first kappa shape index (κ1) is 15.8. The zero-order chi connectivity index (χ0) is 16.5. The largest absolute Gasteiger partial charge is 0.393 e. The molecule has 1 aromatic heterocycles. The van der Waals surface area contributed by atoms with E-state index >= 15 is 0 Å². The summed E-state index contributed by atoms with van der Waals surface area (Å²) in [5.74, 6) is 0.314. The van der Waals surface area contributed by atoms with E-state index in [1.54, 1.807) is 11.3 Å². The van der Waals surface area contributed by atoms with Gasteiger partial charge in [-0.25, -0.2) is 4.98 Å². The van der Waals surface area contributed by atoms with E-state index in [9.17, 15) is 9.90 Å². The monoisotopic (exact) mass is 345 g/mol. The van der Waals surface area contributed by atoms with Gasteiger partial charge in [0.15, 0.2) is 5.13 Å². The van der Waals surface area contributed by atoms with Gasteiger partial charge in [0, 0.05) is 26.2 Å². The van der Waals surface area contributed by atoms with E-state index in [1.807, 2.05) is 23.1 Å². The predicted molar refractivity (Wildman–Crippen MR) is 96.4 cm³/mol. The van der Waals surface area contributed by atoms with Crippen LogP contribution in [0.25, 0.3) is 10.2 Å². The van der Waals surface area contributed by atoms with Crippen molar-refractivity contribution in [2.24, 2.45) is 5.92 Å². The quantitative estimate of drug-likeness (QED) is 0.909. The molecule has 6 heteroatoms. The van der Waals surface area contributed by atoms with E-state index in [1.165, 1.54) is 4.70 Å². The molecule has 128 valence electrons. The highest BCUT2D eigenvalue weighted by molar-refractivity contribution is 7.22. The molecule has 2 aliphatic rings. The number of amides is 1. The third-order valence-corrected chi connectivity index (χ3v) is 6.20. The Morgan fingerprint density at radius 1 is 1.17 bits per heavy atom. The second kappa shape index (κ2) is 6.69. The molecule has 5 nitrogen and oxygen atoms in total. The normalized spacial score (nSPS) is 23.0. The highest BCUT2D eigenvalue weighted by atomic mass is 32.1. The van der Waals surface area contributed by atoms with Crippen molar-refractivity contribution in [1.82, 2.24) is 9.88 Å². The number of piperidine rings is 2. The Bertz CT molecular complexity index is 691. The lowest BCUT2D eigenvalue weighted by atomic mass is 9.95. The van der Waals surface area contributed by atoms with Crippen LogP contribution in [0.5, 0.6) is 0 Å². The lowest BCUT2D eigenvalue weighted by Crippen LogP contribution is -2.48. The number of thiazole rings is 1. The first-order chi connectivity index (χ1) is 11.7. The van der Waals surface area contributed by atoms with Gasteiger partial charge in [-0.05, 0) is 37.8 Å². The highest BCUT2D eigenvalue weighted by Crippen LogP contribution is 2.32. The molecule has 2 aliphatic heterocycles. The van der Waals surface area contributed by atoms with Gasteiger partial charge in [-0.3, -0.25) is 4.79 Å². The van der Waals surface area contributed by atoms with Gasteiger partial charge >= 0.3 is 0 Å². The van der Waals surface area contributed by atoms with Crippen molar-refractivity contribution in [2.75, 3.05) is 31.1 Å². The molecule has 1 atom stereocenters. The van der Waals surface area contributed by atoms with Gasteiger partial charge in [-0.15, -0.1) is 0 Å². The summed E-state index contributed by atoms with van der Waals surface area (Å²) in [6, 6.07) is 8.19. The fourth-order valence-corrected chi connectivity index (χ4v) is 4.69. The summed E-state index contributed by atoms with van der Waals surface area (Å²) >= 11 is 1.71. The second-order valence-corrected chi connectivity index (χ2v) is 7.81. The van der Waals surface area contributed by atoms with Gasteiger partial charge in [0.2, 0.25) is 5.91 Å². The summed E-state index contributed by atoms with van der Waals surface area (Å²) in [5, 5.41) is 10.7. The standard InChI is InChI=1S/C18H23N3O2S/c22-14-7-10-20(11-8-14)17(23)13-4-3-9-21(12-13)18-19-15-5-1-2-6-16(15)24-18/h1-2,5-6,13-14,22H,3-4,7-12H2. The van der Waals surface area contributed by atoms with Gasteiger partial charge < -0.3 is 14.9 Å². The van der Waals surface area contributed by atoms with Crippen LogP contribution in [0.4, 0.5) is 5.13 Å². The molecule has 0 saturated carbocycles. The zero-order valence-corrected chi connectivity index (χ0v) is 14.5. The molecule has 2 saturated heterocycles. The van der Waals surface area contributed by atoms with Crippen LogP contribution in [0.1, 0.15) is 25.7 Å². The van der Waals surface area contributed by atoms with Crippen LogP contribution in [0.15, 0.2) is 24.3 Å². The molecule has 0 radical (unpaired) electrons. The average molecular weight is 345 g/mol. The molecule has 0 spiro atoms. The van der Waals surface area contributed by atoms with Gasteiger partial charge in [0.1, 0.15) is 0 Å². The van der Waals surface area contributed by atoms with Crippen molar-refractivity contribution in [1.29, 1.82) is 0 Å². The maximum atomic E-state index is 12.8. The fourth-order valence-electron chi connectivity index (χ4n) is 3.69. The van der Waals surface area contributed by atoms with Crippen molar-refractivity contribution >= 4 is 32.6 Å². The Morgan fingerprint density at radius 2 is 1.96 bits per heavy atom. The summed E-state index contributed by atoms with van der Waals surface area (Å²) in [6.07, 6.45) is 3.17. The van der Waals surface area contributed by atoms with E-state index in [-0.39, 0.29) is 17.9 Å². The summed E-state index contributed by atoms with van der Waals surface area (Å²) in [6.45, 7) is 3.12. The second-order valence-electron chi connectivity index (χ2n) is 6.81. The minimum atomic E-state index is -0.236. The number of benzene rings is 1. The first-order valence-corrected chi connectivity index (χ1v) is 9.60. The number of aliphatic hydroxyl groups excluding tert-OH is 1. The topological polar surface area (TPSA) is 56.7 Å². The SMILES string of the molecule is O=C(C1CCCN(c2nc3ccccc3s2)C1)N1CCC(O)CC1. The Kier molecular flexibility index (Phi) is 4.41. The van der Waals surface area contributed by atoms with E-state index in [0.717, 1.165) is 36.6 Å². The Morgan fingerprint density at radius 3 is 2.75 bits per heavy atom. The summed E-state index contributed by atoms with van der Waals surface area (Å²) in [5.41, 5.74) is 1.04. The number of carbonyl (C=O) groups excluding carboxylic acids is 1. The number of para-hydroxylation sites is 1. The number of nitrogens with zero attached hydrogens (tertiary/aromatic N) is 3. The first-order valence-electron chi connectivity index (χ1n) is 8.78. The summed E-state index contributed by atoms with van der Waals surface area (Å²) in [7, 11) is 0. The molecular weight excluding hydrogens is 322 g/mol. The van der Waals surface area contributed by atoms with Crippen LogP contribution >= 0.6 is 11.3 Å². The number of carbonyl (C=O) groups is 1. The third-order valence-electron chi connectivity index (χ3n) is 5.10. The fraction of sp³-hybridized carbons (Fsp3) is 0.556. The van der Waals surface area contributed by atoms with Crippen molar-refractivity contribution in [2.45, 2.75) is 31.8 Å². The molecule has 1 unspecified atom stereocenters. The Balaban J connectivity index is 1.46. The number of hydrogen-bond acceptors (Lipinski definition) is 5. The third kappa shape index (κ3) is 3.13. The van der Waals surface area contributed by atoms with Crippen LogP contribution in [0, 0.1) is 5.92 Å². The minimum Gasteiger partial charge on any atom is -0.393 e. The highest BCUT2D eigenvalue weighted by Gasteiger charge is 2.32. The van der Waals surface area contributed by atoms with Crippen LogP contribution in [-0.4, -0.2) is 53.2 Å². The minimum absolute atomic E-state index is 0.0565. The average Bonchev–Trinajstić information content (AvgIpc) is 3.06. The maximum Gasteiger partial charge on any atom is 0.227 e. The van der Waals surface area contributed by atoms with Crippen LogP contribution in [0.2, 0.25) is 0 Å². The van der Waals surface area contributed by atoms with Gasteiger partial charge in [-0.1, -0.05) is 23.5 Å². The molecule has 1 amide bonds. The molecule has 4 rings (SSSR count). The molecule has 3 heterocycles. The number of hydrogen-bond donors (Lipinski definition) is 1. The van der Waals surface area contributed by atoms with E-state index in [0.29, 0.717) is 25.9 Å². The molecule has 0 aliphatic carbocycles. The molecule has 2 fully saturated rings. The van der Waals surface area contributed by atoms with Crippen molar-refractivity contribution in [3.63, 3.8) is 0 Å². The molecule has 24 heavy (non-hydrogen) atoms. The lowest BCUT2D eigenvalue weighted by Gasteiger charge is -2.37. The number of anilines is 1. The molecule has 1 aromatic carbocycles. The molecule has 0 bridgehead atoms. The van der Waals surface area contributed by atoms with Crippen LogP contribution in [-0.2, 0) is 4.79 Å². The van der Waals surface area contributed by atoms with Crippen LogP contribution in [0.3, 0.4) is 0 Å². The van der Waals surface area contributed by atoms with Crippen molar-refractivity contribution in [3.05, 3.63) is 24.3 Å². The summed E-state index contributed by atoms with van der Waals surface area (Å²) < 4.78 is 1.20. The number of likely N-dealkylation sites (tertiary alicyclic amines) is 1. The van der Waals surface area contributed by atoms with Gasteiger partial charge in [0.05, 0.1) is 22.2 Å². The molecule has 1 N–H and O–H groups in total. The smallest absolute Gasteiger partial charge is 0.227 e. The molecular formula is C18H23N3O2S. The maximum absolute atomic E-state index is 12.8. The van der Waals surface area contributed by atoms with Crippen molar-refractivity contribution < 1.29 is 9.90 Å². The van der Waals surface area contributed by atoms with E-state index < -0.39 is 0 Å². The van der Waals surface area contributed by atoms with E-state index in [2.05, 4.69) is 11.0 Å². The number of aliphatic hydroxyl groups is 1. The lowest BCUT2D eigenvalue weighted by molar-refractivity contribution is -0.137. The van der Waals surface area contributed by atoms with Gasteiger partial charge in [0.25, 0.3) is 0 Å². The van der Waals surface area contributed by atoms with Gasteiger partial charge in [-0.2, -0.15) is 0 Å².